The lowest BCUT2D eigenvalue weighted by Crippen LogP contribution is -2.35. The standard InChI is InChI=1S/C28H44O/c1-19(2)20(3)9-10-22(5)26-15-16-27-23(8-7-17-28(26,27)6)12-13-24-18-25(29)14-11-21(24)4/h9-10,12-13,19-20,22,25-27,29H,4,7-8,11,14-18H2,1-3,5-6H3/b10-9+,23-12+,24-13+/t20-,22+,25-,26?,27-,28+/m0/s1. The fraction of sp³-hybridized carbons (Fsp3) is 0.714. The van der Waals surface area contributed by atoms with Gasteiger partial charge in [-0.2, -0.15) is 0 Å². The van der Waals surface area contributed by atoms with E-state index in [0.29, 0.717) is 17.3 Å². The maximum atomic E-state index is 10.0. The van der Waals surface area contributed by atoms with E-state index in [2.05, 4.69) is 65.5 Å². The minimum atomic E-state index is -0.182. The second-order valence-electron chi connectivity index (χ2n) is 10.9. The van der Waals surface area contributed by atoms with Crippen molar-refractivity contribution in [3.05, 3.63) is 47.6 Å². The summed E-state index contributed by atoms with van der Waals surface area (Å²) in [6.07, 6.45) is 18.8. The van der Waals surface area contributed by atoms with Crippen LogP contribution in [-0.2, 0) is 0 Å². The van der Waals surface area contributed by atoms with Gasteiger partial charge in [-0.25, -0.2) is 0 Å². The summed E-state index contributed by atoms with van der Waals surface area (Å²) in [4.78, 5) is 0. The Morgan fingerprint density at radius 1 is 1.03 bits per heavy atom. The summed E-state index contributed by atoms with van der Waals surface area (Å²) in [5.41, 5.74) is 4.61. The second kappa shape index (κ2) is 9.38. The number of hydrogen-bond acceptors (Lipinski definition) is 1. The smallest absolute Gasteiger partial charge is 0.0583 e. The van der Waals surface area contributed by atoms with E-state index in [-0.39, 0.29) is 6.10 Å². The van der Waals surface area contributed by atoms with Crippen LogP contribution in [-0.4, -0.2) is 11.2 Å². The van der Waals surface area contributed by atoms with Crippen molar-refractivity contribution >= 4 is 0 Å². The van der Waals surface area contributed by atoms with Crippen LogP contribution in [0.1, 0.15) is 86.0 Å². The Labute approximate surface area is 180 Å². The molecule has 3 aliphatic rings. The van der Waals surface area contributed by atoms with Crippen LogP contribution in [0.4, 0.5) is 0 Å². The topological polar surface area (TPSA) is 20.2 Å². The Bertz CT molecular complexity index is 678. The van der Waals surface area contributed by atoms with Gasteiger partial charge in [0.05, 0.1) is 6.10 Å². The predicted molar refractivity (Wildman–Crippen MR) is 126 cm³/mol. The van der Waals surface area contributed by atoms with Gasteiger partial charge in [0.2, 0.25) is 0 Å². The van der Waals surface area contributed by atoms with Gasteiger partial charge in [-0.3, -0.25) is 0 Å². The summed E-state index contributed by atoms with van der Waals surface area (Å²) < 4.78 is 0. The Morgan fingerprint density at radius 2 is 1.79 bits per heavy atom. The Morgan fingerprint density at radius 3 is 2.52 bits per heavy atom. The van der Waals surface area contributed by atoms with Crippen LogP contribution in [0.2, 0.25) is 0 Å². The molecule has 0 heterocycles. The molecule has 1 N–H and O–H groups in total. The third kappa shape index (κ3) is 4.98. The van der Waals surface area contributed by atoms with Gasteiger partial charge in [-0.15, -0.1) is 0 Å². The van der Waals surface area contributed by atoms with Gasteiger partial charge in [0.1, 0.15) is 0 Å². The van der Waals surface area contributed by atoms with E-state index in [0.717, 1.165) is 37.0 Å². The quantitative estimate of drug-likeness (QED) is 0.473. The molecule has 1 heteroatoms. The molecule has 0 aromatic rings. The average molecular weight is 397 g/mol. The molecule has 0 bridgehead atoms. The number of hydrogen-bond donors (Lipinski definition) is 1. The minimum Gasteiger partial charge on any atom is -0.393 e. The van der Waals surface area contributed by atoms with E-state index >= 15 is 0 Å². The highest BCUT2D eigenvalue weighted by molar-refractivity contribution is 5.36. The van der Waals surface area contributed by atoms with Crippen molar-refractivity contribution in [3.63, 3.8) is 0 Å². The van der Waals surface area contributed by atoms with Crippen LogP contribution in [0.15, 0.2) is 47.6 Å². The normalized spacial score (nSPS) is 38.2. The number of rotatable bonds is 5. The van der Waals surface area contributed by atoms with Gasteiger partial charge in [0.25, 0.3) is 0 Å². The molecule has 3 rings (SSSR count). The van der Waals surface area contributed by atoms with Crippen molar-refractivity contribution in [3.8, 4) is 0 Å². The molecule has 3 aliphatic carbocycles. The first-order chi connectivity index (χ1) is 13.7. The van der Waals surface area contributed by atoms with Crippen molar-refractivity contribution in [2.45, 2.75) is 92.1 Å². The van der Waals surface area contributed by atoms with E-state index in [1.165, 1.54) is 43.3 Å². The molecular formula is C28H44O. The average Bonchev–Trinajstić information content (AvgIpc) is 3.04. The Balaban J connectivity index is 1.75. The molecule has 29 heavy (non-hydrogen) atoms. The van der Waals surface area contributed by atoms with Gasteiger partial charge in [0.15, 0.2) is 0 Å². The van der Waals surface area contributed by atoms with Crippen molar-refractivity contribution in [1.29, 1.82) is 0 Å². The molecule has 162 valence electrons. The lowest BCUT2D eigenvalue weighted by molar-refractivity contribution is 0.112. The highest BCUT2D eigenvalue weighted by Gasteiger charge is 2.50. The maximum absolute atomic E-state index is 10.0. The summed E-state index contributed by atoms with van der Waals surface area (Å²) in [5, 5.41) is 10.0. The third-order valence-corrected chi connectivity index (χ3v) is 8.63. The fourth-order valence-corrected chi connectivity index (χ4v) is 6.25. The van der Waals surface area contributed by atoms with Gasteiger partial charge in [0, 0.05) is 0 Å². The summed E-state index contributed by atoms with van der Waals surface area (Å²) in [6, 6.07) is 0. The van der Waals surface area contributed by atoms with Gasteiger partial charge in [-0.05, 0) is 91.9 Å². The van der Waals surface area contributed by atoms with E-state index in [1.54, 1.807) is 5.57 Å². The zero-order chi connectivity index (χ0) is 21.2. The molecule has 1 nitrogen and oxygen atoms in total. The first-order valence-corrected chi connectivity index (χ1v) is 12.2. The molecule has 0 radical (unpaired) electrons. The molecule has 3 saturated carbocycles. The third-order valence-electron chi connectivity index (χ3n) is 8.63. The minimum absolute atomic E-state index is 0.182. The van der Waals surface area contributed by atoms with Crippen molar-refractivity contribution < 1.29 is 5.11 Å². The fourth-order valence-electron chi connectivity index (χ4n) is 6.25. The molecule has 0 aliphatic heterocycles. The van der Waals surface area contributed by atoms with Gasteiger partial charge in [-0.1, -0.05) is 76.6 Å². The lowest BCUT2D eigenvalue weighted by Gasteiger charge is -2.44. The second-order valence-corrected chi connectivity index (χ2v) is 10.9. The summed E-state index contributed by atoms with van der Waals surface area (Å²) >= 11 is 0. The summed E-state index contributed by atoms with van der Waals surface area (Å²) in [6.45, 7) is 16.3. The molecule has 3 fully saturated rings. The number of aliphatic hydroxyl groups excluding tert-OH is 1. The van der Waals surface area contributed by atoms with E-state index < -0.39 is 0 Å². The molecule has 1 unspecified atom stereocenters. The molecule has 0 spiro atoms. The molecule has 6 atom stereocenters. The lowest BCUT2D eigenvalue weighted by atomic mass is 9.61. The van der Waals surface area contributed by atoms with Crippen molar-refractivity contribution in [2.24, 2.45) is 35.0 Å². The van der Waals surface area contributed by atoms with Crippen LogP contribution in [0.25, 0.3) is 0 Å². The number of aliphatic hydroxyl groups is 1. The van der Waals surface area contributed by atoms with E-state index in [9.17, 15) is 5.11 Å². The highest BCUT2D eigenvalue weighted by atomic mass is 16.3. The summed E-state index contributed by atoms with van der Waals surface area (Å²) in [5.74, 6) is 3.58. The highest BCUT2D eigenvalue weighted by Crippen LogP contribution is 2.59. The Kier molecular flexibility index (Phi) is 7.31. The van der Waals surface area contributed by atoms with Crippen LogP contribution in [0.3, 0.4) is 0 Å². The van der Waals surface area contributed by atoms with E-state index in [4.69, 9.17) is 0 Å². The van der Waals surface area contributed by atoms with Crippen LogP contribution in [0, 0.1) is 35.0 Å². The molecule has 0 saturated heterocycles. The van der Waals surface area contributed by atoms with Crippen LogP contribution < -0.4 is 0 Å². The zero-order valence-electron chi connectivity index (χ0n) is 19.6. The molecule has 0 aromatic carbocycles. The summed E-state index contributed by atoms with van der Waals surface area (Å²) in [7, 11) is 0. The van der Waals surface area contributed by atoms with Crippen LogP contribution in [0.5, 0.6) is 0 Å². The van der Waals surface area contributed by atoms with Crippen LogP contribution >= 0.6 is 0 Å². The first kappa shape index (κ1) is 22.6. The first-order valence-electron chi connectivity index (χ1n) is 12.2. The van der Waals surface area contributed by atoms with Gasteiger partial charge < -0.3 is 5.11 Å². The number of fused-ring (bicyclic) bond motifs is 1. The Hall–Kier alpha value is -1.08. The SMILES string of the molecule is C=C1CC[C@H](O)C/C1=C\C=C1/CCC[C@]2(C)C([C@H](C)/C=C/[C@H](C)C(C)C)CC[C@@H]12. The maximum Gasteiger partial charge on any atom is 0.0583 e. The predicted octanol–water partition coefficient (Wildman–Crippen LogP) is 7.64. The van der Waals surface area contributed by atoms with Crippen molar-refractivity contribution in [1.82, 2.24) is 0 Å². The zero-order valence-corrected chi connectivity index (χ0v) is 19.6. The molecule has 0 aromatic heterocycles. The molecular weight excluding hydrogens is 352 g/mol. The number of allylic oxidation sites excluding steroid dienone is 6. The van der Waals surface area contributed by atoms with Crippen molar-refractivity contribution in [2.75, 3.05) is 0 Å². The monoisotopic (exact) mass is 396 g/mol. The molecule has 0 amide bonds. The van der Waals surface area contributed by atoms with Gasteiger partial charge >= 0.3 is 0 Å². The largest absolute Gasteiger partial charge is 0.393 e. The van der Waals surface area contributed by atoms with E-state index in [1.807, 2.05) is 0 Å².